The zero-order chi connectivity index (χ0) is 34.4. The van der Waals surface area contributed by atoms with Crippen LogP contribution in [0.3, 0.4) is 0 Å². The lowest BCUT2D eigenvalue weighted by atomic mass is 9.94. The molecule has 1 aromatic heterocycles. The maximum absolute atomic E-state index is 6.80. The number of nitrogens with zero attached hydrogens (tertiary/aromatic N) is 1. The molecule has 0 radical (unpaired) electrons. The van der Waals surface area contributed by atoms with Gasteiger partial charge in [0.1, 0.15) is 5.58 Å². The number of fused-ring (bicyclic) bond motifs is 5. The van der Waals surface area contributed by atoms with Crippen LogP contribution < -0.4 is 4.90 Å². The molecule has 0 aliphatic rings. The fourth-order valence-corrected chi connectivity index (χ4v) is 7.72. The van der Waals surface area contributed by atoms with Crippen LogP contribution in [0.2, 0.25) is 0 Å². The molecular weight excluding hydrogens is 631 g/mol. The van der Waals surface area contributed by atoms with E-state index in [9.17, 15) is 0 Å². The SMILES string of the molecule is c1ccc(-c2cccc3ccc(-c4ccc(N(c5ccccc5)c5ccc(-c6ccc7ccccc7c6)c6c5oc5ccccc56)cc4)cc23)cc1. The van der Waals surface area contributed by atoms with Crippen LogP contribution >= 0.6 is 0 Å². The van der Waals surface area contributed by atoms with Crippen molar-refractivity contribution in [1.29, 1.82) is 0 Å². The van der Waals surface area contributed by atoms with Gasteiger partial charge >= 0.3 is 0 Å². The van der Waals surface area contributed by atoms with Crippen molar-refractivity contribution in [3.63, 3.8) is 0 Å². The van der Waals surface area contributed by atoms with Crippen LogP contribution in [-0.2, 0) is 0 Å². The summed E-state index contributed by atoms with van der Waals surface area (Å²) < 4.78 is 6.80. The minimum absolute atomic E-state index is 0.864. The monoisotopic (exact) mass is 663 g/mol. The molecule has 2 heteroatoms. The molecule has 0 bridgehead atoms. The van der Waals surface area contributed by atoms with Gasteiger partial charge in [0.2, 0.25) is 0 Å². The van der Waals surface area contributed by atoms with E-state index in [-0.39, 0.29) is 0 Å². The second-order valence-corrected chi connectivity index (χ2v) is 13.3. The summed E-state index contributed by atoms with van der Waals surface area (Å²) >= 11 is 0. The van der Waals surface area contributed by atoms with E-state index in [0.29, 0.717) is 0 Å². The Morgan fingerprint density at radius 1 is 0.346 bits per heavy atom. The lowest BCUT2D eigenvalue weighted by Gasteiger charge is -2.26. The first-order valence-corrected chi connectivity index (χ1v) is 17.8. The van der Waals surface area contributed by atoms with E-state index in [1.807, 2.05) is 6.07 Å². The molecule has 1 heterocycles. The van der Waals surface area contributed by atoms with E-state index in [2.05, 4.69) is 199 Å². The summed E-state index contributed by atoms with van der Waals surface area (Å²) in [6.45, 7) is 0. The van der Waals surface area contributed by atoms with Gasteiger partial charge in [-0.2, -0.15) is 0 Å². The fourth-order valence-electron chi connectivity index (χ4n) is 7.72. The smallest absolute Gasteiger partial charge is 0.160 e. The van der Waals surface area contributed by atoms with Gasteiger partial charge in [0, 0.05) is 22.1 Å². The van der Waals surface area contributed by atoms with Crippen molar-refractivity contribution in [3.8, 4) is 33.4 Å². The summed E-state index contributed by atoms with van der Waals surface area (Å²) in [4.78, 5) is 2.31. The Bertz CT molecular complexity index is 2890. The Morgan fingerprint density at radius 3 is 1.85 bits per heavy atom. The predicted octanol–water partition coefficient (Wildman–Crippen LogP) is 14.4. The number of para-hydroxylation sites is 2. The second-order valence-electron chi connectivity index (χ2n) is 13.3. The maximum Gasteiger partial charge on any atom is 0.160 e. The van der Waals surface area contributed by atoms with Gasteiger partial charge in [-0.3, -0.25) is 0 Å². The Balaban J connectivity index is 1.12. The molecule has 0 fully saturated rings. The van der Waals surface area contributed by atoms with E-state index >= 15 is 0 Å². The van der Waals surface area contributed by atoms with Crippen LogP contribution in [0.15, 0.2) is 205 Å². The van der Waals surface area contributed by atoms with E-state index in [0.717, 1.165) is 44.6 Å². The van der Waals surface area contributed by atoms with Crippen molar-refractivity contribution >= 4 is 60.5 Å². The molecule has 0 amide bonds. The van der Waals surface area contributed by atoms with Crippen LogP contribution in [0.4, 0.5) is 17.1 Å². The highest BCUT2D eigenvalue weighted by Gasteiger charge is 2.22. The van der Waals surface area contributed by atoms with Gasteiger partial charge in [0.05, 0.1) is 5.69 Å². The maximum atomic E-state index is 6.80. The van der Waals surface area contributed by atoms with E-state index in [1.165, 1.54) is 49.4 Å². The lowest BCUT2D eigenvalue weighted by molar-refractivity contribution is 0.669. The van der Waals surface area contributed by atoms with E-state index in [1.54, 1.807) is 0 Å². The van der Waals surface area contributed by atoms with Crippen molar-refractivity contribution in [1.82, 2.24) is 0 Å². The highest BCUT2D eigenvalue weighted by Crippen LogP contribution is 2.46. The first kappa shape index (κ1) is 30.0. The number of rotatable bonds is 6. The molecule has 0 unspecified atom stereocenters. The van der Waals surface area contributed by atoms with Crippen LogP contribution in [0.25, 0.3) is 76.9 Å². The zero-order valence-corrected chi connectivity index (χ0v) is 28.4. The average molecular weight is 664 g/mol. The fraction of sp³-hybridized carbons (Fsp3) is 0. The Morgan fingerprint density at radius 2 is 1.00 bits per heavy atom. The van der Waals surface area contributed by atoms with Crippen molar-refractivity contribution < 1.29 is 4.42 Å². The minimum Gasteiger partial charge on any atom is -0.454 e. The molecule has 10 aromatic rings. The molecule has 0 saturated carbocycles. The summed E-state index contributed by atoms with van der Waals surface area (Å²) in [5, 5.41) is 7.16. The molecule has 0 aliphatic heterocycles. The van der Waals surface area contributed by atoms with Gasteiger partial charge in [-0.15, -0.1) is 0 Å². The summed E-state index contributed by atoms with van der Waals surface area (Å²) in [7, 11) is 0. The summed E-state index contributed by atoms with van der Waals surface area (Å²) in [5.41, 5.74) is 12.0. The third-order valence-electron chi connectivity index (χ3n) is 10.2. The predicted molar refractivity (Wildman–Crippen MR) is 220 cm³/mol. The highest BCUT2D eigenvalue weighted by atomic mass is 16.3. The summed E-state index contributed by atoms with van der Waals surface area (Å²) in [6.07, 6.45) is 0. The molecule has 0 aliphatic carbocycles. The van der Waals surface area contributed by atoms with Crippen LogP contribution in [0.1, 0.15) is 0 Å². The lowest BCUT2D eigenvalue weighted by Crippen LogP contribution is -2.10. The van der Waals surface area contributed by atoms with Gasteiger partial charge < -0.3 is 9.32 Å². The van der Waals surface area contributed by atoms with Gasteiger partial charge in [-0.25, -0.2) is 0 Å². The number of benzene rings is 9. The van der Waals surface area contributed by atoms with Gasteiger partial charge in [0.15, 0.2) is 5.58 Å². The molecule has 0 atom stereocenters. The second kappa shape index (κ2) is 12.5. The quantitative estimate of drug-likeness (QED) is 0.176. The Kier molecular flexibility index (Phi) is 7.18. The average Bonchev–Trinajstić information content (AvgIpc) is 3.62. The third kappa shape index (κ3) is 5.12. The topological polar surface area (TPSA) is 16.4 Å². The molecule has 0 saturated heterocycles. The molecule has 0 N–H and O–H groups in total. The molecule has 9 aromatic carbocycles. The number of furan rings is 1. The molecule has 10 rings (SSSR count). The number of hydrogen-bond donors (Lipinski definition) is 0. The van der Waals surface area contributed by atoms with Gasteiger partial charge in [0.25, 0.3) is 0 Å². The molecule has 0 spiro atoms. The Labute approximate surface area is 302 Å². The van der Waals surface area contributed by atoms with Gasteiger partial charge in [-0.1, -0.05) is 152 Å². The first-order chi connectivity index (χ1) is 25.8. The number of anilines is 3. The number of hydrogen-bond acceptors (Lipinski definition) is 2. The van der Waals surface area contributed by atoms with E-state index < -0.39 is 0 Å². The van der Waals surface area contributed by atoms with Crippen molar-refractivity contribution in [2.45, 2.75) is 0 Å². The normalized spacial score (nSPS) is 11.5. The van der Waals surface area contributed by atoms with Crippen LogP contribution in [0, 0.1) is 0 Å². The van der Waals surface area contributed by atoms with Crippen molar-refractivity contribution in [2.75, 3.05) is 4.90 Å². The summed E-state index contributed by atoms with van der Waals surface area (Å²) in [6, 6.07) is 71.6. The largest absolute Gasteiger partial charge is 0.454 e. The van der Waals surface area contributed by atoms with Crippen LogP contribution in [-0.4, -0.2) is 0 Å². The minimum atomic E-state index is 0.864. The van der Waals surface area contributed by atoms with Crippen LogP contribution in [0.5, 0.6) is 0 Å². The highest BCUT2D eigenvalue weighted by molar-refractivity contribution is 6.17. The zero-order valence-electron chi connectivity index (χ0n) is 28.4. The first-order valence-electron chi connectivity index (χ1n) is 17.8. The van der Waals surface area contributed by atoms with Crippen molar-refractivity contribution in [3.05, 3.63) is 200 Å². The summed E-state index contributed by atoms with van der Waals surface area (Å²) in [5.74, 6) is 0. The Hall–Kier alpha value is -6.90. The van der Waals surface area contributed by atoms with Gasteiger partial charge in [-0.05, 0) is 103 Å². The molecule has 52 heavy (non-hydrogen) atoms. The molecule has 244 valence electrons. The standard InChI is InChI=1S/C50H33NO/c1-3-13-36(14-4-1)43-20-11-16-37-23-24-39(33-46(37)43)35-26-28-42(29-27-35)51(41-17-5-2-6-18-41)47-31-30-44(40-25-22-34-12-7-8-15-38(34)32-40)49-45-19-9-10-21-48(45)52-50(47)49/h1-33H. The molecule has 2 nitrogen and oxygen atoms in total. The van der Waals surface area contributed by atoms with E-state index in [4.69, 9.17) is 4.42 Å². The molecular formula is C50H33NO. The van der Waals surface area contributed by atoms with Crippen molar-refractivity contribution in [2.24, 2.45) is 0 Å². The third-order valence-corrected chi connectivity index (χ3v) is 10.2.